The summed E-state index contributed by atoms with van der Waals surface area (Å²) in [5.41, 5.74) is 6.93. The maximum atomic E-state index is 15.2. The van der Waals surface area contributed by atoms with Crippen molar-refractivity contribution in [2.24, 2.45) is 10.9 Å². The number of nitrogens with zero attached hydrogens (tertiary/aromatic N) is 1. The number of alkyl halides is 2. The summed E-state index contributed by atoms with van der Waals surface area (Å²) in [6.45, 7) is 18.3. The second-order valence-corrected chi connectivity index (χ2v) is 11.9. The van der Waals surface area contributed by atoms with Gasteiger partial charge in [0.25, 0.3) is 0 Å². The molecule has 0 unspecified atom stereocenters. The number of benzene rings is 2. The van der Waals surface area contributed by atoms with Crippen LogP contribution in [0, 0.1) is 26.7 Å². The fourth-order valence-electron chi connectivity index (χ4n) is 5.13. The normalized spacial score (nSPS) is 16.3. The summed E-state index contributed by atoms with van der Waals surface area (Å²) >= 11 is 0. The van der Waals surface area contributed by atoms with Crippen molar-refractivity contribution < 1.29 is 8.78 Å². The Kier molecular flexibility index (Phi) is 9.34. The summed E-state index contributed by atoms with van der Waals surface area (Å²) in [4.78, 5) is 4.58. The Hall–Kier alpha value is -2.81. The van der Waals surface area contributed by atoms with Crippen LogP contribution in [0.5, 0.6) is 0 Å². The van der Waals surface area contributed by atoms with Crippen molar-refractivity contribution in [3.05, 3.63) is 99.8 Å². The average molecular weight is 518 g/mol. The smallest absolute Gasteiger partial charge is 0.130 e. The van der Waals surface area contributed by atoms with Crippen LogP contribution < -0.4 is 0 Å². The van der Waals surface area contributed by atoms with E-state index in [1.807, 2.05) is 18.2 Å². The summed E-state index contributed by atoms with van der Waals surface area (Å²) in [5.74, 6) is 0.517. The van der Waals surface area contributed by atoms with Crippen LogP contribution in [0.15, 0.2) is 65.8 Å². The maximum absolute atomic E-state index is 15.2. The van der Waals surface area contributed by atoms with Gasteiger partial charge in [-0.05, 0) is 137 Å². The van der Waals surface area contributed by atoms with E-state index in [2.05, 4.69) is 50.6 Å². The molecule has 0 amide bonds. The molecule has 38 heavy (non-hydrogen) atoms. The van der Waals surface area contributed by atoms with E-state index in [0.717, 1.165) is 17.5 Å². The molecule has 204 valence electrons. The summed E-state index contributed by atoms with van der Waals surface area (Å²) in [7, 11) is 0. The molecule has 3 heteroatoms. The molecule has 2 aromatic carbocycles. The third-order valence-electron chi connectivity index (χ3n) is 8.24. The summed E-state index contributed by atoms with van der Waals surface area (Å²) in [5, 5.41) is 0. The highest BCUT2D eigenvalue weighted by Crippen LogP contribution is 2.36. The third-order valence-corrected chi connectivity index (χ3v) is 8.24. The second-order valence-electron chi connectivity index (χ2n) is 11.9. The van der Waals surface area contributed by atoms with Gasteiger partial charge in [0.2, 0.25) is 0 Å². The number of hydrogen-bond donors (Lipinski definition) is 0. The van der Waals surface area contributed by atoms with Gasteiger partial charge in [-0.15, -0.1) is 0 Å². The van der Waals surface area contributed by atoms with Crippen molar-refractivity contribution in [1.29, 1.82) is 0 Å². The molecule has 0 heterocycles. The van der Waals surface area contributed by atoms with Gasteiger partial charge >= 0.3 is 0 Å². The van der Waals surface area contributed by atoms with Gasteiger partial charge in [-0.1, -0.05) is 49.8 Å². The molecule has 0 bridgehead atoms. The molecular weight excluding hydrogens is 472 g/mol. The van der Waals surface area contributed by atoms with Crippen molar-refractivity contribution in [2.45, 2.75) is 98.8 Å². The van der Waals surface area contributed by atoms with Gasteiger partial charge < -0.3 is 0 Å². The summed E-state index contributed by atoms with van der Waals surface area (Å²) < 4.78 is 30.1. The molecule has 0 N–H and O–H groups in total. The number of aliphatic imine (C=N–C) groups is 1. The van der Waals surface area contributed by atoms with Crippen LogP contribution in [-0.2, 0) is 12.1 Å². The summed E-state index contributed by atoms with van der Waals surface area (Å²) in [6.07, 6.45) is 11.3. The first-order valence-electron chi connectivity index (χ1n) is 13.9. The van der Waals surface area contributed by atoms with E-state index in [0.29, 0.717) is 22.8 Å². The van der Waals surface area contributed by atoms with Crippen molar-refractivity contribution in [3.8, 4) is 0 Å². The molecule has 1 nitrogen and oxygen atoms in total. The quantitative estimate of drug-likeness (QED) is 0.293. The minimum absolute atomic E-state index is 0.517. The van der Waals surface area contributed by atoms with Crippen LogP contribution in [0.4, 0.5) is 8.78 Å². The van der Waals surface area contributed by atoms with Crippen LogP contribution in [-0.4, -0.2) is 11.4 Å². The van der Waals surface area contributed by atoms with Gasteiger partial charge in [0.1, 0.15) is 11.3 Å². The van der Waals surface area contributed by atoms with Gasteiger partial charge in [0.15, 0.2) is 0 Å². The predicted octanol–water partition coefficient (Wildman–Crippen LogP) is 10.3. The number of rotatable bonds is 9. The monoisotopic (exact) mass is 517 g/mol. The molecule has 0 spiro atoms. The highest BCUT2D eigenvalue weighted by molar-refractivity contribution is 6.12. The molecule has 0 atom stereocenters. The Bertz CT molecular complexity index is 1260. The molecule has 0 aromatic heterocycles. The number of aryl methyl sites for hydroxylation is 1. The summed E-state index contributed by atoms with van der Waals surface area (Å²) in [6, 6.07) is 10.2. The Balaban J connectivity index is 2.29. The highest BCUT2D eigenvalue weighted by atomic mass is 19.1. The lowest BCUT2D eigenvalue weighted by molar-refractivity contribution is 0.221. The van der Waals surface area contributed by atoms with E-state index in [9.17, 15) is 4.39 Å². The lowest BCUT2D eigenvalue weighted by Crippen LogP contribution is -2.16. The lowest BCUT2D eigenvalue weighted by atomic mass is 9.84. The average Bonchev–Trinajstić information content (AvgIpc) is 3.35. The largest absolute Gasteiger partial charge is 0.257 e. The second kappa shape index (κ2) is 11.9. The fourth-order valence-corrected chi connectivity index (χ4v) is 5.13. The van der Waals surface area contributed by atoms with Crippen LogP contribution in [0.25, 0.3) is 5.57 Å². The zero-order valence-electron chi connectivity index (χ0n) is 24.6. The van der Waals surface area contributed by atoms with Gasteiger partial charge in [0, 0.05) is 11.8 Å². The van der Waals surface area contributed by atoms with Crippen LogP contribution in [0.3, 0.4) is 0 Å². The topological polar surface area (TPSA) is 12.4 Å². The Morgan fingerprint density at radius 3 is 2.21 bits per heavy atom. The van der Waals surface area contributed by atoms with E-state index in [1.54, 1.807) is 40.7 Å². The van der Waals surface area contributed by atoms with Crippen molar-refractivity contribution in [3.63, 3.8) is 0 Å². The number of halogens is 2. The first-order valence-corrected chi connectivity index (χ1v) is 13.9. The number of hydrogen-bond acceptors (Lipinski definition) is 1. The zero-order chi connectivity index (χ0) is 28.3. The van der Waals surface area contributed by atoms with Crippen molar-refractivity contribution >= 4 is 11.3 Å². The van der Waals surface area contributed by atoms with Gasteiger partial charge in [-0.2, -0.15) is 0 Å². The van der Waals surface area contributed by atoms with Gasteiger partial charge in [0.05, 0.1) is 5.71 Å². The molecule has 0 radical (unpaired) electrons. The minimum Gasteiger partial charge on any atom is -0.257 e. The first-order chi connectivity index (χ1) is 17.7. The van der Waals surface area contributed by atoms with Crippen molar-refractivity contribution in [1.82, 2.24) is 0 Å². The first kappa shape index (κ1) is 29.7. The van der Waals surface area contributed by atoms with E-state index in [1.165, 1.54) is 59.7 Å². The van der Waals surface area contributed by atoms with Gasteiger partial charge in [-0.25, -0.2) is 8.78 Å². The minimum atomic E-state index is -1.52. The molecule has 1 aliphatic carbocycles. The molecule has 0 saturated heterocycles. The predicted molar refractivity (Wildman–Crippen MR) is 161 cm³/mol. The standard InChI is InChI=1S/C35H45F2N/c1-10-38-33(19-24(3)34(6,7)36)32-22-30(35(8,9)37)17-18-31(32)29(20-27-13-11-12-14-27)21-28-16-15-23(2)25(4)26(28)5/h10,15-20,22,27H,1,11-14,21H2,2-9H3/b24-19+,29-20+,38-33?. The number of allylic oxidation sites excluding steroid dienone is 4. The van der Waals surface area contributed by atoms with Crippen LogP contribution in [0.1, 0.15) is 99.2 Å². The van der Waals surface area contributed by atoms with E-state index in [-0.39, 0.29) is 0 Å². The Labute approximate surface area is 229 Å². The zero-order valence-corrected chi connectivity index (χ0v) is 24.6. The molecular formula is C35H45F2N. The van der Waals surface area contributed by atoms with E-state index in [4.69, 9.17) is 0 Å². The SMILES string of the molecule is C=CN=C(/C=C(\C)C(C)(C)F)c1cc(C(C)(C)F)ccc1/C(=C/C1CCCC1)Cc1ccc(C)c(C)c1C. The Morgan fingerprint density at radius 2 is 1.63 bits per heavy atom. The molecule has 1 aliphatic rings. The molecule has 1 saturated carbocycles. The molecule has 0 aliphatic heterocycles. The fraction of sp³-hybridized carbons (Fsp3) is 0.457. The molecule has 1 fully saturated rings. The molecule has 3 rings (SSSR count). The molecule has 2 aromatic rings. The highest BCUT2D eigenvalue weighted by Gasteiger charge is 2.25. The third kappa shape index (κ3) is 7.18. The van der Waals surface area contributed by atoms with Gasteiger partial charge in [-0.3, -0.25) is 4.99 Å². The Morgan fingerprint density at radius 1 is 0.974 bits per heavy atom. The van der Waals surface area contributed by atoms with Crippen LogP contribution >= 0.6 is 0 Å². The van der Waals surface area contributed by atoms with Crippen LogP contribution in [0.2, 0.25) is 0 Å². The van der Waals surface area contributed by atoms with E-state index >= 15 is 4.39 Å². The lowest BCUT2D eigenvalue weighted by Gasteiger charge is -2.22. The maximum Gasteiger partial charge on any atom is 0.130 e. The van der Waals surface area contributed by atoms with Crippen molar-refractivity contribution in [2.75, 3.05) is 0 Å². The van der Waals surface area contributed by atoms with E-state index < -0.39 is 11.3 Å².